The van der Waals surface area contributed by atoms with Crippen LogP contribution in [0.15, 0.2) is 0 Å². The standard InChI is InChI=1S/C36H74O4/c1-7-13-15-17-19-21-23-25-33(35(37-29-9-3)38-30-10-4)27-28-34(26-24-22-20-18-16-14-8-2)36(39-31-11-5)40-32-12-6/h33-36H,7-32H2,1-6H3. The van der Waals surface area contributed by atoms with Gasteiger partial charge in [0.15, 0.2) is 12.6 Å². The van der Waals surface area contributed by atoms with Gasteiger partial charge in [-0.25, -0.2) is 0 Å². The van der Waals surface area contributed by atoms with Crippen LogP contribution in [-0.4, -0.2) is 39.0 Å². The Balaban J connectivity index is 5.32. The van der Waals surface area contributed by atoms with Gasteiger partial charge >= 0.3 is 0 Å². The highest BCUT2D eigenvalue weighted by molar-refractivity contribution is 4.72. The summed E-state index contributed by atoms with van der Waals surface area (Å²) in [4.78, 5) is 0. The third-order valence-corrected chi connectivity index (χ3v) is 7.98. The smallest absolute Gasteiger partial charge is 0.160 e. The van der Waals surface area contributed by atoms with E-state index >= 15 is 0 Å². The Morgan fingerprint density at radius 1 is 0.300 bits per heavy atom. The second-order valence-corrected chi connectivity index (χ2v) is 12.1. The van der Waals surface area contributed by atoms with Crippen molar-refractivity contribution in [3.63, 3.8) is 0 Å². The molecular formula is C36H74O4. The molecule has 2 atom stereocenters. The van der Waals surface area contributed by atoms with Gasteiger partial charge in [-0.15, -0.1) is 0 Å². The number of hydrogen-bond donors (Lipinski definition) is 0. The summed E-state index contributed by atoms with van der Waals surface area (Å²) >= 11 is 0. The molecule has 4 nitrogen and oxygen atoms in total. The Labute approximate surface area is 252 Å². The topological polar surface area (TPSA) is 36.9 Å². The van der Waals surface area contributed by atoms with Crippen LogP contribution in [0.2, 0.25) is 0 Å². The summed E-state index contributed by atoms with van der Waals surface area (Å²) in [5, 5.41) is 0. The zero-order valence-corrected chi connectivity index (χ0v) is 28.3. The first-order valence-electron chi connectivity index (χ1n) is 18.1. The highest BCUT2D eigenvalue weighted by Gasteiger charge is 2.28. The van der Waals surface area contributed by atoms with Crippen molar-refractivity contribution in [3.8, 4) is 0 Å². The summed E-state index contributed by atoms with van der Waals surface area (Å²) < 4.78 is 25.4. The quantitative estimate of drug-likeness (QED) is 0.0581. The van der Waals surface area contributed by atoms with Crippen LogP contribution in [0.25, 0.3) is 0 Å². The molecule has 0 aromatic rings. The first-order valence-corrected chi connectivity index (χ1v) is 18.1. The molecule has 2 unspecified atom stereocenters. The van der Waals surface area contributed by atoms with Gasteiger partial charge in [0, 0.05) is 38.3 Å². The van der Waals surface area contributed by atoms with E-state index < -0.39 is 0 Å². The van der Waals surface area contributed by atoms with Gasteiger partial charge in [0.05, 0.1) is 0 Å². The van der Waals surface area contributed by atoms with Gasteiger partial charge in [0.2, 0.25) is 0 Å². The second-order valence-electron chi connectivity index (χ2n) is 12.1. The zero-order valence-electron chi connectivity index (χ0n) is 28.3. The lowest BCUT2D eigenvalue weighted by atomic mass is 9.88. The molecule has 0 spiro atoms. The minimum Gasteiger partial charge on any atom is -0.352 e. The first-order chi connectivity index (χ1) is 19.7. The average molecular weight is 571 g/mol. The molecule has 0 aromatic heterocycles. The molecule has 0 N–H and O–H groups in total. The molecule has 0 aliphatic carbocycles. The van der Waals surface area contributed by atoms with Crippen molar-refractivity contribution in [2.75, 3.05) is 26.4 Å². The summed E-state index contributed by atoms with van der Waals surface area (Å²) in [5.41, 5.74) is 0. The van der Waals surface area contributed by atoms with Gasteiger partial charge in [-0.05, 0) is 51.4 Å². The Morgan fingerprint density at radius 3 is 0.850 bits per heavy atom. The first kappa shape index (κ1) is 39.8. The van der Waals surface area contributed by atoms with Crippen molar-refractivity contribution in [2.24, 2.45) is 11.8 Å². The van der Waals surface area contributed by atoms with Gasteiger partial charge < -0.3 is 18.9 Å². The van der Waals surface area contributed by atoms with Crippen molar-refractivity contribution in [2.45, 2.75) is 195 Å². The molecule has 0 aliphatic rings. The molecule has 0 fully saturated rings. The number of hydrogen-bond acceptors (Lipinski definition) is 4. The van der Waals surface area contributed by atoms with Crippen molar-refractivity contribution in [1.29, 1.82) is 0 Å². The minimum atomic E-state index is -0.0780. The monoisotopic (exact) mass is 571 g/mol. The molecule has 0 amide bonds. The SMILES string of the molecule is CCCCCCCCCC(CCC(CCCCCCCCC)C(OCCC)OCCC)C(OCCC)OCCC. The average Bonchev–Trinajstić information content (AvgIpc) is 2.97. The summed E-state index contributed by atoms with van der Waals surface area (Å²) in [7, 11) is 0. The summed E-state index contributed by atoms with van der Waals surface area (Å²) in [6, 6.07) is 0. The fourth-order valence-electron chi connectivity index (χ4n) is 5.57. The van der Waals surface area contributed by atoms with E-state index in [1.165, 1.54) is 103 Å². The van der Waals surface area contributed by atoms with Crippen LogP contribution in [0, 0.1) is 11.8 Å². The van der Waals surface area contributed by atoms with Crippen LogP contribution < -0.4 is 0 Å². The van der Waals surface area contributed by atoms with E-state index in [4.69, 9.17) is 18.9 Å². The highest BCUT2D eigenvalue weighted by Crippen LogP contribution is 2.30. The number of ether oxygens (including phenoxy) is 4. The molecule has 242 valence electrons. The molecule has 0 saturated heterocycles. The fourth-order valence-corrected chi connectivity index (χ4v) is 5.57. The molecule has 0 aliphatic heterocycles. The van der Waals surface area contributed by atoms with Crippen LogP contribution in [0.1, 0.15) is 183 Å². The normalized spacial score (nSPS) is 13.5. The van der Waals surface area contributed by atoms with E-state index in [9.17, 15) is 0 Å². The van der Waals surface area contributed by atoms with Gasteiger partial charge in [-0.3, -0.25) is 0 Å². The Kier molecular flexibility index (Phi) is 31.6. The third kappa shape index (κ3) is 23.4. The predicted octanol–water partition coefficient (Wildman–Crippen LogP) is 11.6. The molecule has 0 heterocycles. The van der Waals surface area contributed by atoms with Crippen molar-refractivity contribution >= 4 is 0 Å². The number of unbranched alkanes of at least 4 members (excludes halogenated alkanes) is 12. The van der Waals surface area contributed by atoms with Gasteiger partial charge in [0.25, 0.3) is 0 Å². The fraction of sp³-hybridized carbons (Fsp3) is 1.00. The largest absolute Gasteiger partial charge is 0.352 e. The maximum atomic E-state index is 6.35. The van der Waals surface area contributed by atoms with Crippen molar-refractivity contribution < 1.29 is 18.9 Å². The summed E-state index contributed by atoms with van der Waals surface area (Å²) in [6.07, 6.45) is 27.5. The molecule has 0 bridgehead atoms. The van der Waals surface area contributed by atoms with E-state index in [-0.39, 0.29) is 12.6 Å². The summed E-state index contributed by atoms with van der Waals surface area (Å²) in [5.74, 6) is 0.895. The lowest BCUT2D eigenvalue weighted by molar-refractivity contribution is -0.187. The lowest BCUT2D eigenvalue weighted by Gasteiger charge is -2.32. The number of rotatable bonds is 33. The Bertz CT molecular complexity index is 414. The van der Waals surface area contributed by atoms with Crippen LogP contribution in [0.4, 0.5) is 0 Å². The van der Waals surface area contributed by atoms with E-state index in [2.05, 4.69) is 41.5 Å². The molecule has 0 saturated carbocycles. The van der Waals surface area contributed by atoms with E-state index in [0.29, 0.717) is 11.8 Å². The zero-order chi connectivity index (χ0) is 29.5. The van der Waals surface area contributed by atoms with Gasteiger partial charge in [-0.1, -0.05) is 131 Å². The minimum absolute atomic E-state index is 0.0780. The van der Waals surface area contributed by atoms with Gasteiger partial charge in [0.1, 0.15) is 0 Å². The van der Waals surface area contributed by atoms with Crippen LogP contribution in [0.3, 0.4) is 0 Å². The molecule has 4 heteroatoms. The van der Waals surface area contributed by atoms with E-state index in [0.717, 1.165) is 65.0 Å². The van der Waals surface area contributed by atoms with Crippen molar-refractivity contribution in [3.05, 3.63) is 0 Å². The molecule has 0 rings (SSSR count). The molecule has 0 aromatic carbocycles. The predicted molar refractivity (Wildman–Crippen MR) is 174 cm³/mol. The van der Waals surface area contributed by atoms with Gasteiger partial charge in [-0.2, -0.15) is 0 Å². The van der Waals surface area contributed by atoms with Crippen LogP contribution >= 0.6 is 0 Å². The molecule has 0 radical (unpaired) electrons. The Hall–Kier alpha value is -0.160. The molecular weight excluding hydrogens is 496 g/mol. The highest BCUT2D eigenvalue weighted by atomic mass is 16.7. The second kappa shape index (κ2) is 31.8. The maximum absolute atomic E-state index is 6.35. The van der Waals surface area contributed by atoms with E-state index in [1.807, 2.05) is 0 Å². The molecule has 40 heavy (non-hydrogen) atoms. The van der Waals surface area contributed by atoms with E-state index in [1.54, 1.807) is 0 Å². The van der Waals surface area contributed by atoms with Crippen LogP contribution in [0.5, 0.6) is 0 Å². The van der Waals surface area contributed by atoms with Crippen LogP contribution in [-0.2, 0) is 18.9 Å². The third-order valence-electron chi connectivity index (χ3n) is 7.98. The van der Waals surface area contributed by atoms with Crippen molar-refractivity contribution in [1.82, 2.24) is 0 Å². The maximum Gasteiger partial charge on any atom is 0.160 e. The lowest BCUT2D eigenvalue weighted by Crippen LogP contribution is -2.32. The summed E-state index contributed by atoms with van der Waals surface area (Å²) in [6.45, 7) is 16.5. The Morgan fingerprint density at radius 2 is 0.575 bits per heavy atom.